The molecule has 19 heavy (non-hydrogen) atoms. The van der Waals surface area contributed by atoms with Crippen molar-refractivity contribution in [2.24, 2.45) is 5.73 Å². The van der Waals surface area contributed by atoms with Gasteiger partial charge in [-0.15, -0.1) is 0 Å². The van der Waals surface area contributed by atoms with Gasteiger partial charge in [0.2, 0.25) is 0 Å². The van der Waals surface area contributed by atoms with Crippen molar-refractivity contribution in [1.82, 2.24) is 9.80 Å². The highest BCUT2D eigenvalue weighted by molar-refractivity contribution is 5.78. The van der Waals surface area contributed by atoms with Gasteiger partial charge in [0.05, 0.1) is 0 Å². The van der Waals surface area contributed by atoms with Crippen LogP contribution in [0.2, 0.25) is 0 Å². The van der Waals surface area contributed by atoms with Crippen LogP contribution in [0.1, 0.15) is 39.0 Å². The van der Waals surface area contributed by atoms with Gasteiger partial charge in [0.1, 0.15) is 5.54 Å². The average molecular weight is 269 g/mol. The molecule has 1 saturated carbocycles. The van der Waals surface area contributed by atoms with Crippen molar-refractivity contribution >= 4 is 5.97 Å². The molecule has 0 spiro atoms. The Kier molecular flexibility index (Phi) is 4.81. The van der Waals surface area contributed by atoms with E-state index in [0.717, 1.165) is 39.0 Å². The van der Waals surface area contributed by atoms with Crippen LogP contribution in [0, 0.1) is 0 Å². The number of hydrogen-bond donors (Lipinski definition) is 2. The summed E-state index contributed by atoms with van der Waals surface area (Å²) >= 11 is 0. The molecule has 3 N–H and O–H groups in total. The molecule has 2 fully saturated rings. The maximum absolute atomic E-state index is 11.3. The maximum Gasteiger partial charge on any atom is 0.323 e. The molecule has 2 unspecified atom stereocenters. The van der Waals surface area contributed by atoms with Crippen LogP contribution < -0.4 is 5.73 Å². The molecule has 5 heteroatoms. The van der Waals surface area contributed by atoms with Crippen LogP contribution in [0.25, 0.3) is 0 Å². The molecular weight excluding hydrogens is 242 g/mol. The van der Waals surface area contributed by atoms with Crippen LogP contribution in [0.15, 0.2) is 0 Å². The first kappa shape index (κ1) is 14.8. The van der Waals surface area contributed by atoms with Gasteiger partial charge >= 0.3 is 5.97 Å². The number of carboxylic acid groups (broad SMARTS) is 1. The minimum atomic E-state index is -0.997. The number of nitrogens with zero attached hydrogens (tertiary/aromatic N) is 2. The van der Waals surface area contributed by atoms with E-state index >= 15 is 0 Å². The summed E-state index contributed by atoms with van der Waals surface area (Å²) < 4.78 is 0. The number of aliphatic carboxylic acids is 1. The zero-order chi connectivity index (χ0) is 13.9. The Morgan fingerprint density at radius 3 is 2.63 bits per heavy atom. The van der Waals surface area contributed by atoms with E-state index in [4.69, 9.17) is 5.73 Å². The number of carboxylic acids is 1. The second-order valence-corrected chi connectivity index (χ2v) is 6.09. The van der Waals surface area contributed by atoms with Gasteiger partial charge in [-0.05, 0) is 38.6 Å². The first-order chi connectivity index (χ1) is 9.05. The van der Waals surface area contributed by atoms with Crippen molar-refractivity contribution in [2.75, 3.05) is 32.7 Å². The summed E-state index contributed by atoms with van der Waals surface area (Å²) in [7, 11) is 0. The summed E-state index contributed by atoms with van der Waals surface area (Å²) in [4.78, 5) is 16.2. The van der Waals surface area contributed by atoms with Crippen LogP contribution in [0.5, 0.6) is 0 Å². The van der Waals surface area contributed by atoms with Crippen molar-refractivity contribution < 1.29 is 9.90 Å². The van der Waals surface area contributed by atoms with E-state index in [1.807, 2.05) is 0 Å². The third-order valence-electron chi connectivity index (χ3n) is 4.65. The van der Waals surface area contributed by atoms with Gasteiger partial charge in [0.25, 0.3) is 0 Å². The highest BCUT2D eigenvalue weighted by Crippen LogP contribution is 2.30. The van der Waals surface area contributed by atoms with Crippen LogP contribution in [0.4, 0.5) is 0 Å². The second-order valence-electron chi connectivity index (χ2n) is 6.09. The fraction of sp³-hybridized carbons (Fsp3) is 0.929. The number of carbonyl (C=O) groups is 1. The normalized spacial score (nSPS) is 34.3. The molecule has 0 aromatic heterocycles. The smallest absolute Gasteiger partial charge is 0.323 e. The van der Waals surface area contributed by atoms with E-state index < -0.39 is 11.5 Å². The Labute approximate surface area is 115 Å². The Hall–Kier alpha value is -0.650. The molecular formula is C14H27N3O2. The van der Waals surface area contributed by atoms with Crippen molar-refractivity contribution in [1.29, 1.82) is 0 Å². The lowest BCUT2D eigenvalue weighted by molar-refractivity contribution is -0.145. The van der Waals surface area contributed by atoms with Gasteiger partial charge in [0.15, 0.2) is 0 Å². The van der Waals surface area contributed by atoms with Crippen LogP contribution in [-0.2, 0) is 4.79 Å². The lowest BCUT2D eigenvalue weighted by Gasteiger charge is -2.44. The Balaban J connectivity index is 1.87. The third kappa shape index (κ3) is 3.46. The number of nitrogens with two attached hydrogens (primary N) is 1. The molecule has 5 nitrogen and oxygen atoms in total. The van der Waals surface area contributed by atoms with Gasteiger partial charge in [-0.25, -0.2) is 0 Å². The van der Waals surface area contributed by atoms with Crippen LogP contribution in [0.3, 0.4) is 0 Å². The van der Waals surface area contributed by atoms with E-state index in [9.17, 15) is 9.90 Å². The summed E-state index contributed by atoms with van der Waals surface area (Å²) in [6, 6.07) is 0.360. The molecule has 0 radical (unpaired) electrons. The molecule has 0 amide bonds. The molecule has 1 saturated heterocycles. The predicted molar refractivity (Wildman–Crippen MR) is 75.1 cm³/mol. The molecule has 0 aromatic carbocycles. The van der Waals surface area contributed by atoms with Crippen LogP contribution >= 0.6 is 0 Å². The van der Waals surface area contributed by atoms with Crippen molar-refractivity contribution in [2.45, 2.75) is 50.6 Å². The van der Waals surface area contributed by atoms with E-state index in [-0.39, 0.29) is 0 Å². The van der Waals surface area contributed by atoms with E-state index in [2.05, 4.69) is 16.7 Å². The zero-order valence-electron chi connectivity index (χ0n) is 12.0. The van der Waals surface area contributed by atoms with Crippen LogP contribution in [-0.4, -0.2) is 65.2 Å². The first-order valence-electron chi connectivity index (χ1n) is 7.54. The molecule has 1 aliphatic heterocycles. The van der Waals surface area contributed by atoms with E-state index in [1.165, 1.54) is 13.0 Å². The quantitative estimate of drug-likeness (QED) is 0.788. The topological polar surface area (TPSA) is 69.8 Å². The van der Waals surface area contributed by atoms with E-state index in [0.29, 0.717) is 18.9 Å². The Bertz CT molecular complexity index is 316. The standard InChI is InChI=1S/C14H27N3O2/c1-2-6-16-7-9-17(10-8-16)12-4-3-5-14(15,11-12)13(18)19/h12H,2-11,15H2,1H3,(H,18,19). The second kappa shape index (κ2) is 6.20. The molecule has 0 aromatic rings. The fourth-order valence-corrected chi connectivity index (χ4v) is 3.45. The predicted octanol–water partition coefficient (Wildman–Crippen LogP) is 0.739. The number of piperazine rings is 1. The molecule has 1 aliphatic carbocycles. The molecule has 1 heterocycles. The van der Waals surface area contributed by atoms with Gasteiger partial charge in [-0.3, -0.25) is 9.69 Å². The molecule has 0 bridgehead atoms. The minimum Gasteiger partial charge on any atom is -0.480 e. The molecule has 110 valence electrons. The van der Waals surface area contributed by atoms with Crippen molar-refractivity contribution in [3.8, 4) is 0 Å². The largest absolute Gasteiger partial charge is 0.480 e. The number of hydrogen-bond acceptors (Lipinski definition) is 4. The van der Waals surface area contributed by atoms with Gasteiger partial charge in [0, 0.05) is 32.2 Å². The fourth-order valence-electron chi connectivity index (χ4n) is 3.45. The van der Waals surface area contributed by atoms with E-state index in [1.54, 1.807) is 0 Å². The first-order valence-corrected chi connectivity index (χ1v) is 7.54. The minimum absolute atomic E-state index is 0.360. The van der Waals surface area contributed by atoms with Gasteiger partial charge in [-0.1, -0.05) is 6.92 Å². The summed E-state index contributed by atoms with van der Waals surface area (Å²) in [6.45, 7) is 7.71. The summed E-state index contributed by atoms with van der Waals surface area (Å²) in [6.07, 6.45) is 4.46. The van der Waals surface area contributed by atoms with Crippen molar-refractivity contribution in [3.63, 3.8) is 0 Å². The molecule has 2 atom stereocenters. The monoisotopic (exact) mass is 269 g/mol. The number of rotatable bonds is 4. The summed E-state index contributed by atoms with van der Waals surface area (Å²) in [5, 5.41) is 9.27. The third-order valence-corrected chi connectivity index (χ3v) is 4.65. The molecule has 2 rings (SSSR count). The Morgan fingerprint density at radius 2 is 2.05 bits per heavy atom. The summed E-state index contributed by atoms with van der Waals surface area (Å²) in [5.41, 5.74) is 5.04. The Morgan fingerprint density at radius 1 is 1.37 bits per heavy atom. The lowest BCUT2D eigenvalue weighted by Crippen LogP contribution is -2.58. The average Bonchev–Trinajstić information content (AvgIpc) is 2.40. The SMILES string of the molecule is CCCN1CCN(C2CCCC(N)(C(=O)O)C2)CC1. The van der Waals surface area contributed by atoms with Gasteiger partial charge < -0.3 is 15.7 Å². The molecule has 2 aliphatic rings. The van der Waals surface area contributed by atoms with Gasteiger partial charge in [-0.2, -0.15) is 0 Å². The highest BCUT2D eigenvalue weighted by Gasteiger charge is 2.41. The summed E-state index contributed by atoms with van der Waals surface area (Å²) in [5.74, 6) is -0.832. The zero-order valence-corrected chi connectivity index (χ0v) is 12.0. The van der Waals surface area contributed by atoms with Crippen molar-refractivity contribution in [3.05, 3.63) is 0 Å². The maximum atomic E-state index is 11.3. The highest BCUT2D eigenvalue weighted by atomic mass is 16.4. The lowest BCUT2D eigenvalue weighted by atomic mass is 9.79.